The van der Waals surface area contributed by atoms with Crippen LogP contribution in [0.4, 0.5) is 20.7 Å². The number of nitrogens with zero attached hydrogens (tertiary/aromatic N) is 6. The predicted molar refractivity (Wildman–Crippen MR) is 137 cm³/mol. The summed E-state index contributed by atoms with van der Waals surface area (Å²) < 4.78 is 35.1. The molecule has 0 radical (unpaired) electrons. The van der Waals surface area contributed by atoms with E-state index in [1.807, 2.05) is 11.0 Å². The van der Waals surface area contributed by atoms with Crippen LogP contribution in [0.25, 0.3) is 17.0 Å². The summed E-state index contributed by atoms with van der Waals surface area (Å²) in [5.41, 5.74) is 1.76. The van der Waals surface area contributed by atoms with Gasteiger partial charge >= 0.3 is 0 Å². The van der Waals surface area contributed by atoms with Crippen LogP contribution in [-0.4, -0.2) is 56.3 Å². The zero-order valence-electron chi connectivity index (χ0n) is 20.9. The normalized spacial score (nSPS) is 17.4. The zero-order chi connectivity index (χ0) is 25.6. The number of fused-ring (bicyclic) bond motifs is 1. The molecule has 1 aliphatic carbocycles. The van der Waals surface area contributed by atoms with Gasteiger partial charge in [0, 0.05) is 24.0 Å². The fourth-order valence-corrected chi connectivity index (χ4v) is 5.37. The van der Waals surface area contributed by atoms with Crippen LogP contribution in [0.2, 0.25) is 0 Å². The second-order valence-electron chi connectivity index (χ2n) is 10.2. The summed E-state index contributed by atoms with van der Waals surface area (Å²) in [4.78, 5) is 20.3. The topological polar surface area (TPSA) is 81.0 Å². The smallest absolute Gasteiger partial charge is 0.296 e. The van der Waals surface area contributed by atoms with Gasteiger partial charge < -0.3 is 15.0 Å². The fraction of sp³-hybridized carbons (Fsp3) is 0.407. The van der Waals surface area contributed by atoms with Crippen molar-refractivity contribution in [2.24, 2.45) is 0 Å². The number of anilines is 2. The molecule has 1 N–H and O–H groups in total. The van der Waals surface area contributed by atoms with Gasteiger partial charge in [0.1, 0.15) is 0 Å². The summed E-state index contributed by atoms with van der Waals surface area (Å²) in [6.45, 7) is 6.58. The number of rotatable bonds is 7. The highest BCUT2D eigenvalue weighted by molar-refractivity contribution is 5.77. The first-order valence-corrected chi connectivity index (χ1v) is 12.6. The first kappa shape index (κ1) is 23.7. The molecule has 2 aromatic heterocycles. The lowest BCUT2D eigenvalue weighted by atomic mass is 9.78. The van der Waals surface area contributed by atoms with E-state index >= 15 is 0 Å². The van der Waals surface area contributed by atoms with Crippen LogP contribution in [0.1, 0.15) is 44.5 Å². The van der Waals surface area contributed by atoms with Gasteiger partial charge in [-0.3, -0.25) is 4.57 Å². The summed E-state index contributed by atoms with van der Waals surface area (Å²) in [6.07, 6.45) is -0.725. The van der Waals surface area contributed by atoms with E-state index in [2.05, 4.69) is 58.4 Å². The molecule has 2 fully saturated rings. The van der Waals surface area contributed by atoms with Gasteiger partial charge in [0.2, 0.25) is 17.8 Å². The van der Waals surface area contributed by atoms with E-state index in [1.165, 1.54) is 10.1 Å². The van der Waals surface area contributed by atoms with Gasteiger partial charge in [-0.15, -0.1) is 0 Å². The van der Waals surface area contributed by atoms with E-state index in [4.69, 9.17) is 9.72 Å². The minimum atomic E-state index is -2.79. The van der Waals surface area contributed by atoms with Crippen molar-refractivity contribution in [1.82, 2.24) is 24.5 Å². The Labute approximate surface area is 213 Å². The van der Waals surface area contributed by atoms with Crippen molar-refractivity contribution in [2.45, 2.75) is 44.1 Å². The molecule has 0 bridgehead atoms. The molecule has 0 amide bonds. The summed E-state index contributed by atoms with van der Waals surface area (Å²) in [5.74, 6) is 0.489. The third-order valence-corrected chi connectivity index (χ3v) is 7.58. The summed E-state index contributed by atoms with van der Waals surface area (Å²) >= 11 is 0. The third-order valence-electron chi connectivity index (χ3n) is 7.58. The number of hydrogen-bond donors (Lipinski definition) is 1. The van der Waals surface area contributed by atoms with Gasteiger partial charge in [-0.05, 0) is 44.4 Å². The van der Waals surface area contributed by atoms with Gasteiger partial charge in [-0.1, -0.05) is 42.5 Å². The average molecular weight is 506 g/mol. The van der Waals surface area contributed by atoms with Gasteiger partial charge in [-0.2, -0.15) is 15.0 Å². The van der Waals surface area contributed by atoms with Crippen LogP contribution in [0.3, 0.4) is 0 Å². The van der Waals surface area contributed by atoms with Crippen molar-refractivity contribution in [2.75, 3.05) is 36.5 Å². The molecule has 0 unspecified atom stereocenters. The standard InChI is InChI=1S/C27H29F2N7O/c1-26(2,27(12-13-27)18-8-4-3-5-9-18)34-23-31-24(35-14-16-37-17-15-35)33-25(32-23)36-20-11-7-6-10-19(20)30-22(36)21(28)29/h3-11,21H,12-17H2,1-2H3,(H,31,32,33,34). The SMILES string of the molecule is CC(C)(Nc1nc(N2CCOCC2)nc(-n2c(C(F)F)nc3ccccc32)n1)C1(c2ccccc2)CC1. The van der Waals surface area contributed by atoms with Crippen LogP contribution in [0.5, 0.6) is 0 Å². The zero-order valence-corrected chi connectivity index (χ0v) is 20.9. The van der Waals surface area contributed by atoms with Gasteiger partial charge in [0.15, 0.2) is 5.82 Å². The number of halogens is 2. The van der Waals surface area contributed by atoms with Crippen molar-refractivity contribution < 1.29 is 13.5 Å². The van der Waals surface area contributed by atoms with Crippen LogP contribution in [0.15, 0.2) is 54.6 Å². The number of alkyl halides is 2. The van der Waals surface area contributed by atoms with Crippen LogP contribution in [-0.2, 0) is 10.2 Å². The molecule has 2 aromatic carbocycles. The Morgan fingerprint density at radius 1 is 0.892 bits per heavy atom. The Hall–Kier alpha value is -3.66. The molecule has 2 aliphatic rings. The number of para-hydroxylation sites is 2. The van der Waals surface area contributed by atoms with Crippen molar-refractivity contribution in [3.8, 4) is 5.95 Å². The van der Waals surface area contributed by atoms with Gasteiger partial charge in [0.05, 0.1) is 24.2 Å². The lowest BCUT2D eigenvalue weighted by Crippen LogP contribution is -2.45. The molecule has 192 valence electrons. The van der Waals surface area contributed by atoms with E-state index in [9.17, 15) is 8.78 Å². The molecule has 1 saturated heterocycles. The molecule has 0 atom stereocenters. The van der Waals surface area contributed by atoms with E-state index in [0.717, 1.165) is 12.8 Å². The van der Waals surface area contributed by atoms with E-state index in [-0.39, 0.29) is 11.4 Å². The molecular weight excluding hydrogens is 476 g/mol. The highest BCUT2D eigenvalue weighted by atomic mass is 19.3. The lowest BCUT2D eigenvalue weighted by molar-refractivity contribution is 0.122. The largest absolute Gasteiger partial charge is 0.378 e. The van der Waals surface area contributed by atoms with Crippen molar-refractivity contribution >= 4 is 22.9 Å². The van der Waals surface area contributed by atoms with E-state index in [1.54, 1.807) is 24.3 Å². The molecule has 3 heterocycles. The number of nitrogens with one attached hydrogen (secondary N) is 1. The molecule has 4 aromatic rings. The van der Waals surface area contributed by atoms with Crippen molar-refractivity contribution in [1.29, 1.82) is 0 Å². The third kappa shape index (κ3) is 4.19. The maximum Gasteiger partial charge on any atom is 0.296 e. The maximum atomic E-state index is 14.1. The molecule has 8 nitrogen and oxygen atoms in total. The second kappa shape index (κ2) is 9.02. The summed E-state index contributed by atoms with van der Waals surface area (Å²) in [7, 11) is 0. The number of imidazole rings is 1. The monoisotopic (exact) mass is 505 g/mol. The predicted octanol–water partition coefficient (Wildman–Crippen LogP) is 4.91. The average Bonchev–Trinajstić information content (AvgIpc) is 3.65. The molecular formula is C27H29F2N7O. The van der Waals surface area contributed by atoms with E-state index < -0.39 is 17.8 Å². The summed E-state index contributed by atoms with van der Waals surface area (Å²) in [5, 5.41) is 3.56. The Morgan fingerprint density at radius 3 is 2.27 bits per heavy atom. The molecule has 1 aliphatic heterocycles. The molecule has 6 rings (SSSR count). The highest BCUT2D eigenvalue weighted by Gasteiger charge is 2.55. The van der Waals surface area contributed by atoms with Crippen molar-refractivity contribution in [3.05, 3.63) is 66.0 Å². The number of aromatic nitrogens is 5. The van der Waals surface area contributed by atoms with Crippen LogP contribution >= 0.6 is 0 Å². The fourth-order valence-electron chi connectivity index (χ4n) is 5.37. The molecule has 37 heavy (non-hydrogen) atoms. The molecule has 0 spiro atoms. The minimum Gasteiger partial charge on any atom is -0.378 e. The number of morpholine rings is 1. The minimum absolute atomic E-state index is 0.0734. The van der Waals surface area contributed by atoms with E-state index in [0.29, 0.717) is 49.2 Å². The molecule has 10 heteroatoms. The Kier molecular flexibility index (Phi) is 5.78. The summed E-state index contributed by atoms with van der Waals surface area (Å²) in [6, 6.07) is 17.5. The quantitative estimate of drug-likeness (QED) is 0.382. The first-order chi connectivity index (χ1) is 17.9. The highest BCUT2D eigenvalue weighted by Crippen LogP contribution is 2.56. The lowest BCUT2D eigenvalue weighted by Gasteiger charge is -2.36. The molecule has 1 saturated carbocycles. The second-order valence-corrected chi connectivity index (χ2v) is 10.2. The number of ether oxygens (including phenoxy) is 1. The number of hydrogen-bond acceptors (Lipinski definition) is 7. The Balaban J connectivity index is 1.46. The first-order valence-electron chi connectivity index (χ1n) is 12.6. The van der Waals surface area contributed by atoms with Gasteiger partial charge in [0.25, 0.3) is 6.43 Å². The Morgan fingerprint density at radius 2 is 1.57 bits per heavy atom. The van der Waals surface area contributed by atoms with Crippen molar-refractivity contribution in [3.63, 3.8) is 0 Å². The number of benzene rings is 2. The van der Waals surface area contributed by atoms with Crippen LogP contribution in [0, 0.1) is 0 Å². The van der Waals surface area contributed by atoms with Gasteiger partial charge in [-0.25, -0.2) is 13.8 Å². The maximum absolute atomic E-state index is 14.1. The Bertz CT molecular complexity index is 1410. The van der Waals surface area contributed by atoms with Crippen LogP contribution < -0.4 is 10.2 Å².